The summed E-state index contributed by atoms with van der Waals surface area (Å²) in [4.78, 5) is 0. The number of rotatable bonds is 3. The van der Waals surface area contributed by atoms with Crippen molar-refractivity contribution in [3.63, 3.8) is 0 Å². The largest absolute Gasteiger partial charge is 0.385 e. The Labute approximate surface area is 108 Å². The van der Waals surface area contributed by atoms with E-state index in [0.29, 0.717) is 5.41 Å². The number of hydrogen-bond donors (Lipinski definition) is 0. The van der Waals surface area contributed by atoms with E-state index in [1.165, 1.54) is 12.0 Å². The van der Waals surface area contributed by atoms with Gasteiger partial charge in [-0.1, -0.05) is 65.0 Å². The molecule has 0 amide bonds. The maximum absolute atomic E-state index is 4.54. The molecule has 0 N–H and O–H groups in total. The molecular weight excluding hydrogens is 208 g/mol. The molecule has 0 aliphatic rings. The van der Waals surface area contributed by atoms with Gasteiger partial charge in [-0.05, 0) is 24.3 Å². The van der Waals surface area contributed by atoms with Crippen molar-refractivity contribution < 1.29 is 4.74 Å². The molecule has 0 aromatic heterocycles. The molecule has 0 radical (unpaired) electrons. The first-order valence-corrected chi connectivity index (χ1v) is 6.63. The molecular formula is C16H30O. The van der Waals surface area contributed by atoms with Gasteiger partial charge in [0.15, 0.2) is 0 Å². The van der Waals surface area contributed by atoms with Gasteiger partial charge in [0.2, 0.25) is 0 Å². The lowest BCUT2D eigenvalue weighted by molar-refractivity contribution is 0.215. The van der Waals surface area contributed by atoms with E-state index in [1.54, 1.807) is 7.11 Å². The topological polar surface area (TPSA) is 9.23 Å². The molecule has 0 spiro atoms. The molecule has 1 nitrogen and oxygen atoms in total. The van der Waals surface area contributed by atoms with Gasteiger partial charge in [-0.2, -0.15) is 0 Å². The predicted molar refractivity (Wildman–Crippen MR) is 78.7 cm³/mol. The maximum atomic E-state index is 4.54. The quantitative estimate of drug-likeness (QED) is 0.715. The van der Waals surface area contributed by atoms with Gasteiger partial charge < -0.3 is 4.74 Å². The second kappa shape index (κ2) is 11.7. The van der Waals surface area contributed by atoms with E-state index in [0.717, 1.165) is 6.61 Å². The average molecular weight is 238 g/mol. The van der Waals surface area contributed by atoms with Gasteiger partial charge in [-0.15, -0.1) is 0 Å². The van der Waals surface area contributed by atoms with Crippen molar-refractivity contribution >= 4 is 0 Å². The second-order valence-corrected chi connectivity index (χ2v) is 4.18. The molecule has 0 aliphatic heterocycles. The first-order chi connectivity index (χ1) is 8.08. The number of hydrogen-bond acceptors (Lipinski definition) is 1. The Balaban J connectivity index is 0. The van der Waals surface area contributed by atoms with Crippen LogP contribution in [0.3, 0.4) is 0 Å². The van der Waals surface area contributed by atoms with E-state index in [-0.39, 0.29) is 0 Å². The molecule has 0 unspecified atom stereocenters. The third-order valence-electron chi connectivity index (χ3n) is 2.73. The van der Waals surface area contributed by atoms with Crippen LogP contribution in [0.1, 0.15) is 53.5 Å². The van der Waals surface area contributed by atoms with Gasteiger partial charge in [0, 0.05) is 13.7 Å². The van der Waals surface area contributed by atoms with Crippen LogP contribution in [-0.2, 0) is 10.2 Å². The summed E-state index contributed by atoms with van der Waals surface area (Å²) in [6.07, 6.45) is 1.19. The minimum atomic E-state index is 0.335. The first kappa shape index (κ1) is 18.5. The zero-order chi connectivity index (χ0) is 13.7. The summed E-state index contributed by atoms with van der Waals surface area (Å²) in [6, 6.07) is 10.7. The van der Waals surface area contributed by atoms with Crippen molar-refractivity contribution in [3.05, 3.63) is 35.9 Å². The molecule has 0 atom stereocenters. The molecule has 0 heterocycles. The second-order valence-electron chi connectivity index (χ2n) is 4.18. The average Bonchev–Trinajstić information content (AvgIpc) is 2.42. The van der Waals surface area contributed by atoms with E-state index in [4.69, 9.17) is 0 Å². The fraction of sp³-hybridized carbons (Fsp3) is 0.625. The molecule has 1 heteroatoms. The molecule has 1 aromatic rings. The molecule has 1 rings (SSSR count). The third kappa shape index (κ3) is 8.93. The molecule has 17 heavy (non-hydrogen) atoms. The van der Waals surface area contributed by atoms with Crippen molar-refractivity contribution in [2.24, 2.45) is 0 Å². The van der Waals surface area contributed by atoms with Crippen molar-refractivity contribution in [1.29, 1.82) is 0 Å². The highest BCUT2D eigenvalue weighted by Gasteiger charge is 2.16. The number of benzene rings is 1. The summed E-state index contributed by atoms with van der Waals surface area (Å²) >= 11 is 0. The van der Waals surface area contributed by atoms with Crippen molar-refractivity contribution in [2.45, 2.75) is 53.4 Å². The lowest BCUT2D eigenvalue weighted by atomic mass is 9.82. The van der Waals surface area contributed by atoms with Crippen LogP contribution >= 0.6 is 0 Å². The summed E-state index contributed by atoms with van der Waals surface area (Å²) in [6.45, 7) is 13.6. The summed E-state index contributed by atoms with van der Waals surface area (Å²) in [5, 5.41) is 0. The van der Waals surface area contributed by atoms with E-state index in [9.17, 15) is 0 Å². The smallest absolute Gasteiger partial charge is 0.0433 e. The van der Waals surface area contributed by atoms with E-state index < -0.39 is 0 Å². The normalized spacial score (nSPS) is 9.59. The third-order valence-corrected chi connectivity index (χ3v) is 2.73. The van der Waals surface area contributed by atoms with Crippen LogP contribution in [0.5, 0.6) is 0 Å². The lowest BCUT2D eigenvalue weighted by Gasteiger charge is -2.22. The van der Waals surface area contributed by atoms with Gasteiger partial charge in [0.05, 0.1) is 0 Å². The minimum absolute atomic E-state index is 0.335. The maximum Gasteiger partial charge on any atom is 0.0433 e. The van der Waals surface area contributed by atoms with Gasteiger partial charge >= 0.3 is 0 Å². The van der Waals surface area contributed by atoms with E-state index >= 15 is 0 Å². The fourth-order valence-electron chi connectivity index (χ4n) is 1.09. The molecule has 0 bridgehead atoms. The van der Waals surface area contributed by atoms with Gasteiger partial charge in [0.25, 0.3) is 0 Å². The highest BCUT2D eigenvalue weighted by Crippen LogP contribution is 2.25. The van der Waals surface area contributed by atoms with Crippen molar-refractivity contribution in [3.8, 4) is 0 Å². The fourth-order valence-corrected chi connectivity index (χ4v) is 1.09. The Kier molecular flexibility index (Phi) is 12.7. The predicted octanol–water partition coefficient (Wildman–Crippen LogP) is 5.05. The zero-order valence-electron chi connectivity index (χ0n) is 12.7. The number of ether oxygens (including phenoxy) is 1. The summed E-state index contributed by atoms with van der Waals surface area (Å²) in [5.41, 5.74) is 1.77. The molecule has 100 valence electrons. The summed E-state index contributed by atoms with van der Waals surface area (Å²) < 4.78 is 4.54. The van der Waals surface area contributed by atoms with Crippen LogP contribution in [0.4, 0.5) is 0 Å². The van der Waals surface area contributed by atoms with Gasteiger partial charge in [0.1, 0.15) is 0 Å². The Bertz CT molecular complexity index is 237. The molecule has 1 aromatic carbocycles. The van der Waals surface area contributed by atoms with Gasteiger partial charge in [-0.25, -0.2) is 0 Å². The van der Waals surface area contributed by atoms with Crippen molar-refractivity contribution in [1.82, 2.24) is 0 Å². The Morgan fingerprint density at radius 2 is 1.41 bits per heavy atom. The lowest BCUT2D eigenvalue weighted by Crippen LogP contribution is -2.14. The van der Waals surface area contributed by atoms with E-state index in [2.05, 4.69) is 55.8 Å². The van der Waals surface area contributed by atoms with Crippen LogP contribution < -0.4 is 0 Å². The highest BCUT2D eigenvalue weighted by molar-refractivity contribution is 5.22. The monoisotopic (exact) mass is 238 g/mol. The standard InChI is InChI=1S/C11H16.C3H8O.C2H6/c1-4-11(2,3)10-8-6-5-7-9-10;1-3-4-2;1-2/h5-9H,4H2,1-3H3;3H2,1-2H3;1-2H3. The van der Waals surface area contributed by atoms with Gasteiger partial charge in [-0.3, -0.25) is 0 Å². The molecule has 0 aliphatic carbocycles. The first-order valence-electron chi connectivity index (χ1n) is 6.63. The molecule has 0 saturated carbocycles. The number of methoxy groups -OCH3 is 1. The summed E-state index contributed by atoms with van der Waals surface area (Å²) in [5.74, 6) is 0. The summed E-state index contributed by atoms with van der Waals surface area (Å²) in [7, 11) is 1.68. The van der Waals surface area contributed by atoms with Crippen molar-refractivity contribution in [2.75, 3.05) is 13.7 Å². The van der Waals surface area contributed by atoms with Crippen LogP contribution in [0.2, 0.25) is 0 Å². The minimum Gasteiger partial charge on any atom is -0.385 e. The van der Waals surface area contributed by atoms with Crippen LogP contribution in [0.15, 0.2) is 30.3 Å². The zero-order valence-corrected chi connectivity index (χ0v) is 12.7. The highest BCUT2D eigenvalue weighted by atomic mass is 16.5. The Morgan fingerprint density at radius 3 is 1.71 bits per heavy atom. The molecule has 0 fully saturated rings. The van der Waals surface area contributed by atoms with Crippen LogP contribution in [-0.4, -0.2) is 13.7 Å². The SMILES string of the molecule is CC.CCC(C)(C)c1ccccc1.CCOC. The van der Waals surface area contributed by atoms with E-state index in [1.807, 2.05) is 20.8 Å². The Morgan fingerprint density at radius 1 is 1.00 bits per heavy atom. The van der Waals surface area contributed by atoms with Crippen LogP contribution in [0.25, 0.3) is 0 Å². The Hall–Kier alpha value is -0.820. The van der Waals surface area contributed by atoms with Crippen LogP contribution in [0, 0.1) is 0 Å². The molecule has 0 saturated heterocycles.